The van der Waals surface area contributed by atoms with E-state index in [1.165, 1.54) is 12.4 Å². The molecule has 2 amide bonds. The van der Waals surface area contributed by atoms with E-state index < -0.39 is 18.1 Å². The fourth-order valence-corrected chi connectivity index (χ4v) is 0.955. The third-order valence-electron chi connectivity index (χ3n) is 1.78. The Bertz CT molecular complexity index is 384. The highest BCUT2D eigenvalue weighted by atomic mass is 16.4. The summed E-state index contributed by atoms with van der Waals surface area (Å²) in [6.45, 7) is 0.0339. The van der Waals surface area contributed by atoms with Crippen molar-refractivity contribution in [3.8, 4) is 0 Å². The second kappa shape index (κ2) is 6.38. The lowest BCUT2D eigenvalue weighted by Crippen LogP contribution is -2.33. The van der Waals surface area contributed by atoms with Crippen LogP contribution in [0, 0.1) is 0 Å². The highest BCUT2D eigenvalue weighted by Crippen LogP contribution is 1.94. The zero-order valence-corrected chi connectivity index (χ0v) is 8.83. The molecule has 0 saturated carbocycles. The molecule has 0 aliphatic heterocycles. The summed E-state index contributed by atoms with van der Waals surface area (Å²) < 4.78 is 0. The Morgan fingerprint density at radius 1 is 1.35 bits per heavy atom. The lowest BCUT2D eigenvalue weighted by atomic mass is 10.2. The molecule has 1 unspecified atom stereocenters. The maximum atomic E-state index is 11.2. The van der Waals surface area contributed by atoms with Crippen LogP contribution in [0.25, 0.3) is 0 Å². The third-order valence-corrected chi connectivity index (χ3v) is 1.78. The summed E-state index contributed by atoms with van der Waals surface area (Å²) >= 11 is 0. The SMILES string of the molecule is O=C(NCCC(O)C(=O)O)Nc1ncccn1. The van der Waals surface area contributed by atoms with Crippen molar-refractivity contribution in [2.75, 3.05) is 11.9 Å². The van der Waals surface area contributed by atoms with Gasteiger partial charge >= 0.3 is 12.0 Å². The van der Waals surface area contributed by atoms with Gasteiger partial charge in [0.25, 0.3) is 0 Å². The standard InChI is InChI=1S/C9H12N4O4/c14-6(7(15)16)2-5-12-9(17)13-8-10-3-1-4-11-8/h1,3-4,6,14H,2,5H2,(H,15,16)(H2,10,11,12,13,17). The Labute approximate surface area is 96.7 Å². The molecule has 0 spiro atoms. The van der Waals surface area contributed by atoms with Gasteiger partial charge in [0.1, 0.15) is 0 Å². The summed E-state index contributed by atoms with van der Waals surface area (Å²) in [6, 6.07) is 1.04. The predicted molar refractivity (Wildman–Crippen MR) is 57.3 cm³/mol. The Kier molecular flexibility index (Phi) is 4.82. The number of hydrogen-bond acceptors (Lipinski definition) is 5. The molecule has 1 atom stereocenters. The molecule has 0 fully saturated rings. The smallest absolute Gasteiger partial charge is 0.332 e. The lowest BCUT2D eigenvalue weighted by molar-refractivity contribution is -0.146. The molecule has 92 valence electrons. The molecule has 0 aliphatic carbocycles. The van der Waals surface area contributed by atoms with Crippen molar-refractivity contribution < 1.29 is 19.8 Å². The molecular weight excluding hydrogens is 228 g/mol. The number of rotatable bonds is 5. The van der Waals surface area contributed by atoms with E-state index in [2.05, 4.69) is 20.6 Å². The van der Waals surface area contributed by atoms with Gasteiger partial charge < -0.3 is 15.5 Å². The fraction of sp³-hybridized carbons (Fsp3) is 0.333. The van der Waals surface area contributed by atoms with Gasteiger partial charge in [0.15, 0.2) is 6.10 Å². The van der Waals surface area contributed by atoms with Crippen LogP contribution in [0.1, 0.15) is 6.42 Å². The molecule has 0 bridgehead atoms. The molecule has 8 heteroatoms. The largest absolute Gasteiger partial charge is 0.479 e. The normalized spacial score (nSPS) is 11.6. The van der Waals surface area contributed by atoms with Gasteiger partial charge in [0.2, 0.25) is 5.95 Å². The topological polar surface area (TPSA) is 124 Å². The Morgan fingerprint density at radius 2 is 2.00 bits per heavy atom. The molecule has 1 rings (SSSR count). The number of hydrogen-bond donors (Lipinski definition) is 4. The van der Waals surface area contributed by atoms with E-state index in [0.29, 0.717) is 0 Å². The number of aliphatic hydroxyl groups excluding tert-OH is 1. The Morgan fingerprint density at radius 3 is 2.59 bits per heavy atom. The lowest BCUT2D eigenvalue weighted by Gasteiger charge is -2.07. The summed E-state index contributed by atoms with van der Waals surface area (Å²) in [5.41, 5.74) is 0. The minimum absolute atomic E-state index is 0.0339. The van der Waals surface area contributed by atoms with Gasteiger partial charge in [0, 0.05) is 25.4 Å². The fourth-order valence-electron chi connectivity index (χ4n) is 0.955. The molecule has 0 aromatic carbocycles. The van der Waals surface area contributed by atoms with E-state index >= 15 is 0 Å². The number of carboxylic acids is 1. The molecule has 4 N–H and O–H groups in total. The molecule has 17 heavy (non-hydrogen) atoms. The van der Waals surface area contributed by atoms with E-state index in [0.717, 1.165) is 0 Å². The van der Waals surface area contributed by atoms with Crippen molar-refractivity contribution in [1.82, 2.24) is 15.3 Å². The summed E-state index contributed by atoms with van der Waals surface area (Å²) in [5.74, 6) is -1.18. The molecular formula is C9H12N4O4. The van der Waals surface area contributed by atoms with Crippen molar-refractivity contribution in [3.63, 3.8) is 0 Å². The van der Waals surface area contributed by atoms with Gasteiger partial charge in [-0.2, -0.15) is 0 Å². The first-order chi connectivity index (χ1) is 8.09. The summed E-state index contributed by atoms with van der Waals surface area (Å²) in [5, 5.41) is 22.0. The zero-order valence-electron chi connectivity index (χ0n) is 8.83. The van der Waals surface area contributed by atoms with Crippen molar-refractivity contribution in [2.45, 2.75) is 12.5 Å². The maximum Gasteiger partial charge on any atom is 0.332 e. The molecule has 1 aromatic heterocycles. The summed E-state index contributed by atoms with van der Waals surface area (Å²) in [7, 11) is 0. The van der Waals surface area contributed by atoms with Crippen molar-refractivity contribution in [1.29, 1.82) is 0 Å². The number of aliphatic hydroxyl groups is 1. The predicted octanol–water partition coefficient (Wildman–Crippen LogP) is -0.566. The first-order valence-electron chi connectivity index (χ1n) is 4.82. The van der Waals surface area contributed by atoms with Crippen LogP contribution in [0.3, 0.4) is 0 Å². The van der Waals surface area contributed by atoms with Crippen LogP contribution < -0.4 is 10.6 Å². The van der Waals surface area contributed by atoms with Crippen molar-refractivity contribution in [2.24, 2.45) is 0 Å². The second-order valence-corrected chi connectivity index (χ2v) is 3.10. The van der Waals surface area contributed by atoms with Crippen LogP contribution >= 0.6 is 0 Å². The van der Waals surface area contributed by atoms with Crippen LogP contribution in [-0.4, -0.2) is 44.8 Å². The quantitative estimate of drug-likeness (QED) is 0.546. The zero-order chi connectivity index (χ0) is 12.7. The number of aliphatic carboxylic acids is 1. The highest BCUT2D eigenvalue weighted by Gasteiger charge is 2.12. The van der Waals surface area contributed by atoms with Gasteiger partial charge in [-0.1, -0.05) is 0 Å². The van der Waals surface area contributed by atoms with Crippen LogP contribution in [-0.2, 0) is 4.79 Å². The van der Waals surface area contributed by atoms with E-state index in [9.17, 15) is 9.59 Å². The summed E-state index contributed by atoms with van der Waals surface area (Å²) in [6.07, 6.45) is 1.38. The Balaban J connectivity index is 2.25. The van der Waals surface area contributed by atoms with E-state index in [1.54, 1.807) is 6.07 Å². The molecule has 0 radical (unpaired) electrons. The van der Waals surface area contributed by atoms with Crippen LogP contribution in [0.5, 0.6) is 0 Å². The van der Waals surface area contributed by atoms with Gasteiger partial charge in [-0.15, -0.1) is 0 Å². The van der Waals surface area contributed by atoms with Crippen LogP contribution in [0.4, 0.5) is 10.7 Å². The number of amides is 2. The average Bonchev–Trinajstić information content (AvgIpc) is 2.30. The second-order valence-electron chi connectivity index (χ2n) is 3.10. The van der Waals surface area contributed by atoms with Gasteiger partial charge in [-0.05, 0) is 6.07 Å². The number of urea groups is 1. The van der Waals surface area contributed by atoms with Crippen LogP contribution in [0.2, 0.25) is 0 Å². The first kappa shape index (κ1) is 12.8. The van der Waals surface area contributed by atoms with Crippen molar-refractivity contribution in [3.05, 3.63) is 18.5 Å². The maximum absolute atomic E-state index is 11.2. The number of nitrogens with one attached hydrogen (secondary N) is 2. The number of aromatic nitrogens is 2. The van der Waals surface area contributed by atoms with Crippen molar-refractivity contribution >= 4 is 17.9 Å². The minimum Gasteiger partial charge on any atom is -0.479 e. The van der Waals surface area contributed by atoms with Crippen LogP contribution in [0.15, 0.2) is 18.5 Å². The number of carboxylic acid groups (broad SMARTS) is 1. The molecule has 0 aliphatic rings. The average molecular weight is 240 g/mol. The number of anilines is 1. The van der Waals surface area contributed by atoms with E-state index in [1.807, 2.05) is 0 Å². The molecule has 1 aromatic rings. The summed E-state index contributed by atoms with van der Waals surface area (Å²) in [4.78, 5) is 29.0. The minimum atomic E-state index is -1.48. The van der Waals surface area contributed by atoms with Gasteiger partial charge in [0.05, 0.1) is 0 Å². The first-order valence-corrected chi connectivity index (χ1v) is 4.82. The molecule has 8 nitrogen and oxygen atoms in total. The monoisotopic (exact) mass is 240 g/mol. The molecule has 1 heterocycles. The highest BCUT2D eigenvalue weighted by molar-refractivity contribution is 5.87. The molecule has 0 saturated heterocycles. The number of nitrogens with zero attached hydrogens (tertiary/aromatic N) is 2. The third kappa shape index (κ3) is 4.89. The number of carbonyl (C=O) groups excluding carboxylic acids is 1. The van der Waals surface area contributed by atoms with Gasteiger partial charge in [-0.25, -0.2) is 19.6 Å². The number of carbonyl (C=O) groups is 2. The Hall–Kier alpha value is -2.22. The van der Waals surface area contributed by atoms with Gasteiger partial charge in [-0.3, -0.25) is 5.32 Å². The van der Waals surface area contributed by atoms with E-state index in [-0.39, 0.29) is 18.9 Å². The van der Waals surface area contributed by atoms with E-state index in [4.69, 9.17) is 10.2 Å².